The number of carbonyl (C=O) groups excluding carboxylic acids is 2. The smallest absolute Gasteiger partial charge is 0.259 e. The highest BCUT2D eigenvalue weighted by molar-refractivity contribution is 6.50. The van der Waals surface area contributed by atoms with Crippen LogP contribution >= 0.6 is 24.0 Å². The highest BCUT2D eigenvalue weighted by Gasteiger charge is 2.37. The summed E-state index contributed by atoms with van der Waals surface area (Å²) in [5, 5.41) is 7.61. The first-order valence-corrected chi connectivity index (χ1v) is 11.2. The maximum atomic E-state index is 15.1. The lowest BCUT2D eigenvalue weighted by Crippen LogP contribution is -2.29. The molecular formula is C25H20Cl2FN3O3. The molecule has 2 amide bonds. The number of hydrogen-bond acceptors (Lipinski definition) is 4. The number of fused-ring (bicyclic) bond motifs is 2. The Hall–Kier alpha value is -3.13. The van der Waals surface area contributed by atoms with Gasteiger partial charge in [0.15, 0.2) is 0 Å². The molecule has 0 saturated carbocycles. The number of benzene rings is 2. The fraction of sp³-hybridized carbons (Fsp3) is 0.200. The monoisotopic (exact) mass is 499 g/mol. The van der Waals surface area contributed by atoms with E-state index in [9.17, 15) is 9.59 Å². The van der Waals surface area contributed by atoms with Gasteiger partial charge >= 0.3 is 0 Å². The van der Waals surface area contributed by atoms with Crippen LogP contribution in [0.3, 0.4) is 0 Å². The van der Waals surface area contributed by atoms with Gasteiger partial charge in [0.2, 0.25) is 0 Å². The van der Waals surface area contributed by atoms with Crippen LogP contribution in [0.15, 0.2) is 53.3 Å². The number of furan rings is 1. The molecule has 2 N–H and O–H groups in total. The molecule has 0 radical (unpaired) electrons. The molecule has 4 aromatic rings. The average molecular weight is 500 g/mol. The van der Waals surface area contributed by atoms with Crippen LogP contribution in [-0.2, 0) is 9.59 Å². The third-order valence-electron chi connectivity index (χ3n) is 6.52. The maximum absolute atomic E-state index is 15.1. The van der Waals surface area contributed by atoms with E-state index in [4.69, 9.17) is 16.0 Å². The van der Waals surface area contributed by atoms with Gasteiger partial charge in [0.1, 0.15) is 11.4 Å². The van der Waals surface area contributed by atoms with Crippen molar-refractivity contribution in [2.45, 2.75) is 18.9 Å². The summed E-state index contributed by atoms with van der Waals surface area (Å²) in [4.78, 5) is 26.0. The SMILES string of the molecule is Cl.O=C1NC(=O)C(c2c(F)ccc3ccoc23)=C1c1cn(C2CCNCC2)c2ccc(Cl)cc12. The van der Waals surface area contributed by atoms with E-state index in [0.717, 1.165) is 36.8 Å². The first-order valence-electron chi connectivity index (χ1n) is 10.8. The normalized spacial score (nSPS) is 17.0. The molecule has 6 rings (SSSR count). The zero-order chi connectivity index (χ0) is 22.7. The van der Waals surface area contributed by atoms with Gasteiger partial charge in [-0.15, -0.1) is 12.4 Å². The third kappa shape index (κ3) is 3.43. The van der Waals surface area contributed by atoms with Crippen molar-refractivity contribution in [1.29, 1.82) is 0 Å². The van der Waals surface area contributed by atoms with Gasteiger partial charge < -0.3 is 14.3 Å². The zero-order valence-corrected chi connectivity index (χ0v) is 19.4. The van der Waals surface area contributed by atoms with Gasteiger partial charge in [0.05, 0.1) is 23.0 Å². The number of amides is 2. The number of rotatable bonds is 3. The Morgan fingerprint density at radius 1 is 1.03 bits per heavy atom. The number of nitrogens with one attached hydrogen (secondary N) is 2. The van der Waals surface area contributed by atoms with Crippen LogP contribution in [0.4, 0.5) is 4.39 Å². The molecule has 2 aliphatic heterocycles. The van der Waals surface area contributed by atoms with E-state index >= 15 is 4.39 Å². The molecule has 0 aliphatic carbocycles. The molecule has 2 aliphatic rings. The van der Waals surface area contributed by atoms with Gasteiger partial charge in [-0.1, -0.05) is 11.6 Å². The second-order valence-electron chi connectivity index (χ2n) is 8.39. The van der Waals surface area contributed by atoms with E-state index in [1.165, 1.54) is 12.3 Å². The molecule has 1 saturated heterocycles. The molecule has 4 heterocycles. The second kappa shape index (κ2) is 8.58. The number of aromatic nitrogens is 1. The third-order valence-corrected chi connectivity index (χ3v) is 6.75. The van der Waals surface area contributed by atoms with Crippen LogP contribution in [0, 0.1) is 5.82 Å². The Balaban J connectivity index is 0.00000241. The predicted octanol–water partition coefficient (Wildman–Crippen LogP) is 5.09. The lowest BCUT2D eigenvalue weighted by Gasteiger charge is -2.25. The Bertz CT molecular complexity index is 1500. The first kappa shape index (κ1) is 22.7. The minimum atomic E-state index is -0.650. The molecule has 0 bridgehead atoms. The lowest BCUT2D eigenvalue weighted by molar-refractivity contribution is -0.122. The van der Waals surface area contributed by atoms with E-state index in [0.29, 0.717) is 16.0 Å². The minimum Gasteiger partial charge on any atom is -0.464 e. The Morgan fingerprint density at radius 3 is 2.59 bits per heavy atom. The molecule has 2 aromatic carbocycles. The van der Waals surface area contributed by atoms with E-state index < -0.39 is 17.6 Å². The van der Waals surface area contributed by atoms with E-state index in [2.05, 4.69) is 15.2 Å². The summed E-state index contributed by atoms with van der Waals surface area (Å²) >= 11 is 6.32. The molecule has 34 heavy (non-hydrogen) atoms. The summed E-state index contributed by atoms with van der Waals surface area (Å²) in [5.41, 5.74) is 1.78. The standard InChI is InChI=1S/C25H19ClFN3O3.ClH/c26-14-2-4-19-16(11-14)17(12-30(19)15-5-8-28-9-6-15)20-22(25(32)29-24(20)31)21-18(27)3-1-13-7-10-33-23(13)21;/h1-4,7,10-12,15,28H,5-6,8-9H2,(H,29,31,32);1H. The van der Waals surface area contributed by atoms with E-state index in [1.54, 1.807) is 18.2 Å². The van der Waals surface area contributed by atoms with Gasteiger partial charge in [-0.05, 0) is 62.3 Å². The van der Waals surface area contributed by atoms with Crippen LogP contribution in [0.5, 0.6) is 0 Å². The van der Waals surface area contributed by atoms with Crippen LogP contribution in [0.25, 0.3) is 33.0 Å². The predicted molar refractivity (Wildman–Crippen MR) is 131 cm³/mol. The Kier molecular flexibility index (Phi) is 5.72. The fourth-order valence-electron chi connectivity index (χ4n) is 5.01. The molecule has 9 heteroatoms. The van der Waals surface area contributed by atoms with Gasteiger partial charge in [-0.2, -0.15) is 0 Å². The average Bonchev–Trinajstić information content (AvgIpc) is 3.50. The van der Waals surface area contributed by atoms with Crippen molar-refractivity contribution in [2.75, 3.05) is 13.1 Å². The minimum absolute atomic E-state index is 0. The van der Waals surface area contributed by atoms with Crippen molar-refractivity contribution in [1.82, 2.24) is 15.2 Å². The molecule has 0 atom stereocenters. The van der Waals surface area contributed by atoms with Crippen LogP contribution in [0.2, 0.25) is 5.02 Å². The van der Waals surface area contributed by atoms with Crippen LogP contribution in [-0.4, -0.2) is 29.5 Å². The molecule has 1 fully saturated rings. The van der Waals surface area contributed by atoms with E-state index in [1.807, 2.05) is 18.3 Å². The quantitative estimate of drug-likeness (QED) is 0.384. The number of hydrogen-bond donors (Lipinski definition) is 2. The summed E-state index contributed by atoms with van der Waals surface area (Å²) in [5.74, 6) is -1.85. The van der Waals surface area contributed by atoms with Crippen molar-refractivity contribution in [2.24, 2.45) is 0 Å². The van der Waals surface area contributed by atoms with Crippen molar-refractivity contribution in [3.63, 3.8) is 0 Å². The van der Waals surface area contributed by atoms with Crippen molar-refractivity contribution < 1.29 is 18.4 Å². The van der Waals surface area contributed by atoms with E-state index in [-0.39, 0.29) is 40.7 Å². The first-order chi connectivity index (χ1) is 16.0. The van der Waals surface area contributed by atoms with Crippen molar-refractivity contribution in [3.8, 4) is 0 Å². The van der Waals surface area contributed by atoms with Crippen molar-refractivity contribution in [3.05, 3.63) is 70.8 Å². The molecule has 174 valence electrons. The number of nitrogens with zero attached hydrogens (tertiary/aromatic N) is 1. The summed E-state index contributed by atoms with van der Waals surface area (Å²) in [7, 11) is 0. The summed E-state index contributed by atoms with van der Waals surface area (Å²) < 4.78 is 22.8. The number of carbonyl (C=O) groups is 2. The van der Waals surface area contributed by atoms with Gasteiger partial charge in [0, 0.05) is 39.1 Å². The van der Waals surface area contributed by atoms with Crippen molar-refractivity contribution >= 4 is 68.8 Å². The van der Waals surface area contributed by atoms with Gasteiger partial charge in [-0.3, -0.25) is 14.9 Å². The van der Waals surface area contributed by atoms with Crippen LogP contribution in [0.1, 0.15) is 30.0 Å². The summed E-state index contributed by atoms with van der Waals surface area (Å²) in [6.45, 7) is 1.79. The number of halogens is 3. The molecule has 0 spiro atoms. The fourth-order valence-corrected chi connectivity index (χ4v) is 5.18. The molecular weight excluding hydrogens is 480 g/mol. The lowest BCUT2D eigenvalue weighted by atomic mass is 9.94. The number of piperidine rings is 1. The Labute approximate surface area is 205 Å². The van der Waals surface area contributed by atoms with Gasteiger partial charge in [-0.25, -0.2) is 4.39 Å². The second-order valence-corrected chi connectivity index (χ2v) is 8.82. The molecule has 0 unspecified atom stereocenters. The summed E-state index contributed by atoms with van der Waals surface area (Å²) in [6, 6.07) is 10.3. The molecule has 2 aromatic heterocycles. The zero-order valence-electron chi connectivity index (χ0n) is 17.9. The highest BCUT2D eigenvalue weighted by atomic mass is 35.5. The summed E-state index contributed by atoms with van der Waals surface area (Å²) in [6.07, 6.45) is 5.20. The number of imide groups is 1. The maximum Gasteiger partial charge on any atom is 0.259 e. The van der Waals surface area contributed by atoms with Gasteiger partial charge in [0.25, 0.3) is 11.8 Å². The topological polar surface area (TPSA) is 76.3 Å². The Morgan fingerprint density at radius 2 is 1.79 bits per heavy atom. The molecule has 6 nitrogen and oxygen atoms in total. The van der Waals surface area contributed by atoms with Crippen LogP contribution < -0.4 is 10.6 Å². The highest BCUT2D eigenvalue weighted by Crippen LogP contribution is 2.41. The largest absolute Gasteiger partial charge is 0.464 e.